The van der Waals surface area contributed by atoms with Gasteiger partial charge in [-0.3, -0.25) is 4.79 Å². The summed E-state index contributed by atoms with van der Waals surface area (Å²) in [5.74, 6) is 0.0428. The van der Waals surface area contributed by atoms with Crippen LogP contribution < -0.4 is 0 Å². The van der Waals surface area contributed by atoms with E-state index in [1.165, 1.54) is 11.3 Å². The zero-order valence-corrected chi connectivity index (χ0v) is 13.6. The molecule has 2 rings (SSSR count). The first-order valence-electron chi connectivity index (χ1n) is 5.34. The lowest BCUT2D eigenvalue weighted by atomic mass is 10.1. The highest BCUT2D eigenvalue weighted by Crippen LogP contribution is 2.33. The van der Waals surface area contributed by atoms with Gasteiger partial charge in [-0.25, -0.2) is 0 Å². The van der Waals surface area contributed by atoms with Gasteiger partial charge in [-0.05, 0) is 51.3 Å². The Balaban J connectivity index is 2.17. The Kier molecular flexibility index (Phi) is 4.28. The molecule has 1 aromatic heterocycles. The minimum absolute atomic E-state index is 0.0428. The quantitative estimate of drug-likeness (QED) is 0.783. The maximum absolute atomic E-state index is 12.3. The van der Waals surface area contributed by atoms with Gasteiger partial charge in [0.1, 0.15) is 0 Å². The van der Waals surface area contributed by atoms with Gasteiger partial charge in [0.25, 0.3) is 5.91 Å². The van der Waals surface area contributed by atoms with Crippen LogP contribution in [0, 0.1) is 0 Å². The number of carbonyl (C=O) groups is 1. The Morgan fingerprint density at radius 3 is 2.76 bits per heavy atom. The van der Waals surface area contributed by atoms with Crippen LogP contribution in [0.4, 0.5) is 0 Å². The molecule has 1 amide bonds. The number of amides is 1. The molecule has 2 unspecified atom stereocenters. The molecule has 0 aliphatic carbocycles. The average molecular weight is 383 g/mol. The molecule has 0 N–H and O–H groups in total. The van der Waals surface area contributed by atoms with Crippen LogP contribution in [0.15, 0.2) is 13.6 Å². The van der Waals surface area contributed by atoms with Crippen molar-refractivity contribution in [3.63, 3.8) is 0 Å². The third-order valence-electron chi connectivity index (χ3n) is 3.04. The maximum Gasteiger partial charge on any atom is 0.255 e. The molecule has 1 fully saturated rings. The molecule has 1 aliphatic heterocycles. The second-order valence-electron chi connectivity index (χ2n) is 4.09. The van der Waals surface area contributed by atoms with Crippen molar-refractivity contribution in [3.05, 3.63) is 19.2 Å². The zero-order chi connectivity index (χ0) is 12.6. The van der Waals surface area contributed by atoms with Gasteiger partial charge in [0.2, 0.25) is 0 Å². The SMILES string of the molecule is CC1OCCC1N(C)C(=O)c1cc(Br)sc1Br. The summed E-state index contributed by atoms with van der Waals surface area (Å²) in [5.41, 5.74) is 0.712. The molecule has 3 nitrogen and oxygen atoms in total. The van der Waals surface area contributed by atoms with E-state index in [9.17, 15) is 4.79 Å². The smallest absolute Gasteiger partial charge is 0.255 e. The lowest BCUT2D eigenvalue weighted by Crippen LogP contribution is -2.40. The second kappa shape index (κ2) is 5.38. The number of nitrogens with zero attached hydrogens (tertiary/aromatic N) is 1. The summed E-state index contributed by atoms with van der Waals surface area (Å²) in [5, 5.41) is 0. The predicted molar refractivity (Wildman–Crippen MR) is 75.6 cm³/mol. The van der Waals surface area contributed by atoms with Crippen molar-refractivity contribution in [2.75, 3.05) is 13.7 Å². The first kappa shape index (κ1) is 13.5. The predicted octanol–water partition coefficient (Wildman–Crippen LogP) is 3.52. The topological polar surface area (TPSA) is 29.5 Å². The molecule has 0 spiro atoms. The molecule has 1 aliphatic rings. The Morgan fingerprint density at radius 1 is 1.59 bits per heavy atom. The molecule has 6 heteroatoms. The van der Waals surface area contributed by atoms with Crippen molar-refractivity contribution < 1.29 is 9.53 Å². The summed E-state index contributed by atoms with van der Waals surface area (Å²) in [4.78, 5) is 14.1. The number of halogens is 2. The zero-order valence-electron chi connectivity index (χ0n) is 9.57. The van der Waals surface area contributed by atoms with Crippen LogP contribution >= 0.6 is 43.2 Å². The number of likely N-dealkylation sites (N-methyl/N-ethyl adjacent to an activating group) is 1. The third-order valence-corrected chi connectivity index (χ3v) is 5.38. The van der Waals surface area contributed by atoms with Gasteiger partial charge >= 0.3 is 0 Å². The molecule has 2 atom stereocenters. The first-order valence-corrected chi connectivity index (χ1v) is 7.74. The molecular weight excluding hydrogens is 370 g/mol. The average Bonchev–Trinajstić information content (AvgIpc) is 2.82. The van der Waals surface area contributed by atoms with E-state index in [0.717, 1.165) is 20.6 Å². The highest BCUT2D eigenvalue weighted by atomic mass is 79.9. The molecule has 94 valence electrons. The summed E-state index contributed by atoms with van der Waals surface area (Å²) in [7, 11) is 1.84. The van der Waals surface area contributed by atoms with Crippen LogP contribution in [0.2, 0.25) is 0 Å². The van der Waals surface area contributed by atoms with Gasteiger partial charge in [0.05, 0.1) is 25.3 Å². The normalized spacial score (nSPS) is 24.0. The van der Waals surface area contributed by atoms with Crippen LogP contribution in [-0.2, 0) is 4.74 Å². The number of carbonyl (C=O) groups excluding carboxylic acids is 1. The third kappa shape index (κ3) is 2.75. The molecule has 0 aromatic carbocycles. The van der Waals surface area contributed by atoms with Gasteiger partial charge in [-0.1, -0.05) is 0 Å². The van der Waals surface area contributed by atoms with Crippen molar-refractivity contribution in [1.82, 2.24) is 4.90 Å². The van der Waals surface area contributed by atoms with Gasteiger partial charge in [0, 0.05) is 13.7 Å². The molecule has 0 bridgehead atoms. The summed E-state index contributed by atoms with van der Waals surface area (Å²) < 4.78 is 7.32. The van der Waals surface area contributed by atoms with Crippen molar-refractivity contribution in [2.24, 2.45) is 0 Å². The highest BCUT2D eigenvalue weighted by Gasteiger charge is 2.32. The summed E-state index contributed by atoms with van der Waals surface area (Å²) in [6.45, 7) is 2.75. The second-order valence-corrected chi connectivity index (χ2v) is 7.84. The summed E-state index contributed by atoms with van der Waals surface area (Å²) >= 11 is 8.32. The molecule has 1 aromatic rings. The lowest BCUT2D eigenvalue weighted by molar-refractivity contribution is 0.0574. The fourth-order valence-electron chi connectivity index (χ4n) is 2.06. The Labute approximate surface area is 121 Å². The Hall–Kier alpha value is 0.0900. The fraction of sp³-hybridized carbons (Fsp3) is 0.545. The minimum Gasteiger partial charge on any atom is -0.376 e. The number of rotatable bonds is 2. The molecular formula is C11H13Br2NO2S. The van der Waals surface area contributed by atoms with Crippen LogP contribution in [-0.4, -0.2) is 36.6 Å². The first-order chi connectivity index (χ1) is 8.00. The van der Waals surface area contributed by atoms with Crippen molar-refractivity contribution in [1.29, 1.82) is 0 Å². The van der Waals surface area contributed by atoms with Crippen molar-refractivity contribution in [2.45, 2.75) is 25.5 Å². The Bertz CT molecular complexity index is 435. The number of ether oxygens (including phenoxy) is 1. The Morgan fingerprint density at radius 2 is 2.29 bits per heavy atom. The van der Waals surface area contributed by atoms with Crippen molar-refractivity contribution >= 4 is 49.1 Å². The number of thiophene rings is 1. The highest BCUT2D eigenvalue weighted by molar-refractivity contribution is 9.12. The van der Waals surface area contributed by atoms with Crippen LogP contribution in [0.1, 0.15) is 23.7 Å². The summed E-state index contributed by atoms with van der Waals surface area (Å²) in [6.07, 6.45) is 1.02. The van der Waals surface area contributed by atoms with Gasteiger partial charge in [-0.15, -0.1) is 11.3 Å². The van der Waals surface area contributed by atoms with E-state index in [0.29, 0.717) is 5.56 Å². The molecule has 17 heavy (non-hydrogen) atoms. The van der Waals surface area contributed by atoms with E-state index in [4.69, 9.17) is 4.74 Å². The van der Waals surface area contributed by atoms with Gasteiger partial charge < -0.3 is 9.64 Å². The van der Waals surface area contributed by atoms with E-state index >= 15 is 0 Å². The van der Waals surface area contributed by atoms with Crippen LogP contribution in [0.5, 0.6) is 0 Å². The molecule has 1 saturated heterocycles. The summed E-state index contributed by atoms with van der Waals surface area (Å²) in [6, 6.07) is 2.03. The van der Waals surface area contributed by atoms with Crippen LogP contribution in [0.25, 0.3) is 0 Å². The standard InChI is InChI=1S/C11H13Br2NO2S/c1-6-8(3-4-16-6)14(2)11(15)7-5-9(12)17-10(7)13/h5-6,8H,3-4H2,1-2H3. The monoisotopic (exact) mass is 381 g/mol. The van der Waals surface area contributed by atoms with E-state index in [2.05, 4.69) is 31.9 Å². The molecule has 2 heterocycles. The molecule has 0 radical (unpaired) electrons. The van der Waals surface area contributed by atoms with Gasteiger partial charge in [-0.2, -0.15) is 0 Å². The lowest BCUT2D eigenvalue weighted by Gasteiger charge is -2.26. The van der Waals surface area contributed by atoms with E-state index in [1.54, 1.807) is 4.90 Å². The van der Waals surface area contributed by atoms with E-state index < -0.39 is 0 Å². The minimum atomic E-state index is 0.0428. The maximum atomic E-state index is 12.3. The fourth-order valence-corrected chi connectivity index (χ4v) is 4.83. The molecule has 0 saturated carbocycles. The van der Waals surface area contributed by atoms with Crippen LogP contribution in [0.3, 0.4) is 0 Å². The van der Waals surface area contributed by atoms with Crippen molar-refractivity contribution in [3.8, 4) is 0 Å². The number of hydrogen-bond acceptors (Lipinski definition) is 3. The largest absolute Gasteiger partial charge is 0.376 e. The number of hydrogen-bond donors (Lipinski definition) is 0. The van der Waals surface area contributed by atoms with E-state index in [-0.39, 0.29) is 18.1 Å². The van der Waals surface area contributed by atoms with Gasteiger partial charge in [0.15, 0.2) is 0 Å². The van der Waals surface area contributed by atoms with E-state index in [1.807, 2.05) is 20.0 Å².